The molecule has 3 N–H and O–H groups in total. The molecule has 224 valence electrons. The fourth-order valence-electron chi connectivity index (χ4n) is 3.89. The van der Waals surface area contributed by atoms with Crippen molar-refractivity contribution in [2.75, 3.05) is 34.0 Å². The monoisotopic (exact) mass is 584 g/mol. The Labute approximate surface area is 233 Å². The summed E-state index contributed by atoms with van der Waals surface area (Å²) < 4.78 is 59.8. The Morgan fingerprint density at radius 3 is 2.10 bits per heavy atom. The first kappa shape index (κ1) is 31.7. The Morgan fingerprint density at radius 1 is 1.00 bits per heavy atom. The van der Waals surface area contributed by atoms with Crippen LogP contribution in [0.15, 0.2) is 34.9 Å². The van der Waals surface area contributed by atoms with Crippen LogP contribution in [0.5, 0.6) is 0 Å². The normalized spacial score (nSPS) is 18.6. The van der Waals surface area contributed by atoms with Gasteiger partial charge in [0.05, 0.1) is 31.4 Å². The third-order valence-corrected chi connectivity index (χ3v) is 6.21. The minimum Gasteiger partial charge on any atom is -0.382 e. The molecule has 41 heavy (non-hydrogen) atoms. The molecule has 3 amide bonds. The number of methoxy groups -OCH3 is 2. The van der Waals surface area contributed by atoms with E-state index in [2.05, 4.69) is 21.1 Å². The lowest BCUT2D eigenvalue weighted by molar-refractivity contribution is -0.137. The van der Waals surface area contributed by atoms with Crippen LogP contribution in [0.4, 0.5) is 13.2 Å². The van der Waals surface area contributed by atoms with Crippen molar-refractivity contribution in [1.29, 1.82) is 0 Å². The first-order valence-corrected chi connectivity index (χ1v) is 12.4. The summed E-state index contributed by atoms with van der Waals surface area (Å²) in [5.41, 5.74) is -2.03. The minimum atomic E-state index is -4.60. The number of benzene rings is 1. The number of hydrogen-bond acceptors (Lipinski definition) is 9. The van der Waals surface area contributed by atoms with E-state index in [1.54, 1.807) is 6.92 Å². The molecule has 1 aliphatic heterocycles. The molecule has 1 fully saturated rings. The fraction of sp³-hybridized carbons (Fsp3) is 0.500. The van der Waals surface area contributed by atoms with Gasteiger partial charge in [-0.05, 0) is 31.9 Å². The summed E-state index contributed by atoms with van der Waals surface area (Å²) in [6, 6.07) is 1.89. The van der Waals surface area contributed by atoms with Gasteiger partial charge >= 0.3 is 6.18 Å². The number of carbonyl (C=O) groups excluding carboxylic acids is 4. The van der Waals surface area contributed by atoms with Gasteiger partial charge in [0.15, 0.2) is 11.5 Å². The third-order valence-electron chi connectivity index (χ3n) is 6.21. The highest BCUT2D eigenvalue weighted by atomic mass is 19.4. The number of nitrogens with zero attached hydrogens (tertiary/aromatic N) is 1. The standard InChI is InChI=1S/C26H31F3N4O8/c1-14-8-18(33-41-14)22(35)31-20(12-39-4)24(37)32-19(11-38-3)23(36)30-17(21(34)25(2)13-40-25)10-15-6-5-7-16(9-15)26(27,28)29/h5-9,17,19-20H,10-13H2,1-4H3,(H,30,36)(H,31,35)(H,32,37)/t17?,19-,20?,25+/m0/s1. The summed E-state index contributed by atoms with van der Waals surface area (Å²) in [4.78, 5) is 51.9. The Bertz CT molecular complexity index is 1260. The van der Waals surface area contributed by atoms with E-state index in [9.17, 15) is 32.3 Å². The predicted octanol–water partition coefficient (Wildman–Crippen LogP) is 0.963. The van der Waals surface area contributed by atoms with Gasteiger partial charge in [-0.25, -0.2) is 0 Å². The van der Waals surface area contributed by atoms with Crippen molar-refractivity contribution in [2.24, 2.45) is 0 Å². The summed E-state index contributed by atoms with van der Waals surface area (Å²) in [5.74, 6) is -2.55. The molecular weight excluding hydrogens is 553 g/mol. The lowest BCUT2D eigenvalue weighted by Crippen LogP contribution is -2.59. The SMILES string of the molecule is COCC(NC(=O)c1cc(C)on1)C(=O)N[C@@H](COC)C(=O)NC(Cc1cccc(C(F)(F)F)c1)C(=O)[C@@]1(C)CO1. The van der Waals surface area contributed by atoms with Crippen molar-refractivity contribution in [3.8, 4) is 0 Å². The number of nitrogens with one attached hydrogen (secondary N) is 3. The van der Waals surface area contributed by atoms with Crippen LogP contribution in [0, 0.1) is 6.92 Å². The smallest absolute Gasteiger partial charge is 0.382 e. The van der Waals surface area contributed by atoms with Crippen LogP contribution >= 0.6 is 0 Å². The number of halogens is 3. The zero-order valence-electron chi connectivity index (χ0n) is 22.8. The van der Waals surface area contributed by atoms with Gasteiger partial charge in [-0.2, -0.15) is 13.2 Å². The average Bonchev–Trinajstić information content (AvgIpc) is 3.52. The van der Waals surface area contributed by atoms with Gasteiger partial charge < -0.3 is 34.7 Å². The van der Waals surface area contributed by atoms with Crippen LogP contribution in [0.3, 0.4) is 0 Å². The van der Waals surface area contributed by atoms with E-state index in [-0.39, 0.29) is 37.5 Å². The van der Waals surface area contributed by atoms with Crippen molar-refractivity contribution in [3.05, 3.63) is 52.9 Å². The molecule has 0 saturated carbocycles. The number of ketones is 1. The highest BCUT2D eigenvalue weighted by Crippen LogP contribution is 2.31. The lowest BCUT2D eigenvalue weighted by atomic mass is 9.94. The molecular formula is C26H31F3N4O8. The second-order valence-corrected chi connectivity index (χ2v) is 9.67. The molecule has 4 atom stereocenters. The summed E-state index contributed by atoms with van der Waals surface area (Å²) in [6.07, 6.45) is -4.86. The van der Waals surface area contributed by atoms with E-state index < -0.39 is 59.0 Å². The Morgan fingerprint density at radius 2 is 1.59 bits per heavy atom. The molecule has 1 aromatic carbocycles. The van der Waals surface area contributed by atoms with E-state index in [0.717, 1.165) is 12.1 Å². The topological polar surface area (TPSA) is 161 Å². The van der Waals surface area contributed by atoms with Gasteiger partial charge in [-0.15, -0.1) is 0 Å². The van der Waals surface area contributed by atoms with Gasteiger partial charge in [0, 0.05) is 20.3 Å². The molecule has 2 heterocycles. The molecule has 2 unspecified atom stereocenters. The van der Waals surface area contributed by atoms with Gasteiger partial charge in [0.1, 0.15) is 23.4 Å². The second kappa shape index (κ2) is 13.2. The van der Waals surface area contributed by atoms with Crippen LogP contribution in [0.1, 0.15) is 34.3 Å². The van der Waals surface area contributed by atoms with Crippen LogP contribution < -0.4 is 16.0 Å². The lowest BCUT2D eigenvalue weighted by Gasteiger charge is -2.25. The van der Waals surface area contributed by atoms with Crippen LogP contribution in [0.2, 0.25) is 0 Å². The zero-order valence-corrected chi connectivity index (χ0v) is 22.8. The molecule has 1 aliphatic rings. The average molecular weight is 585 g/mol. The van der Waals surface area contributed by atoms with E-state index in [0.29, 0.717) is 5.76 Å². The van der Waals surface area contributed by atoms with Crippen molar-refractivity contribution in [2.45, 2.75) is 50.2 Å². The molecule has 3 rings (SSSR count). The molecule has 0 aliphatic carbocycles. The number of epoxide rings is 1. The number of carbonyl (C=O) groups is 4. The maximum Gasteiger partial charge on any atom is 0.416 e. The highest BCUT2D eigenvalue weighted by Gasteiger charge is 2.50. The maximum absolute atomic E-state index is 13.3. The predicted molar refractivity (Wildman–Crippen MR) is 135 cm³/mol. The van der Waals surface area contributed by atoms with Crippen molar-refractivity contribution in [3.63, 3.8) is 0 Å². The summed E-state index contributed by atoms with van der Waals surface area (Å²) in [7, 11) is 2.58. The first-order valence-electron chi connectivity index (χ1n) is 12.4. The van der Waals surface area contributed by atoms with Gasteiger partial charge in [0.2, 0.25) is 11.8 Å². The van der Waals surface area contributed by atoms with Gasteiger partial charge in [-0.3, -0.25) is 19.2 Å². The van der Waals surface area contributed by atoms with E-state index >= 15 is 0 Å². The summed E-state index contributed by atoms with van der Waals surface area (Å²) >= 11 is 0. The first-order chi connectivity index (χ1) is 19.3. The number of rotatable bonds is 14. The maximum atomic E-state index is 13.3. The third kappa shape index (κ3) is 8.58. The Balaban J connectivity index is 1.75. The van der Waals surface area contributed by atoms with Gasteiger partial charge in [0.25, 0.3) is 5.91 Å². The van der Waals surface area contributed by atoms with E-state index in [4.69, 9.17) is 18.7 Å². The summed E-state index contributed by atoms with van der Waals surface area (Å²) in [5, 5.41) is 11.0. The Hall–Kier alpha value is -3.82. The minimum absolute atomic E-state index is 0.0747. The molecule has 0 bridgehead atoms. The summed E-state index contributed by atoms with van der Waals surface area (Å²) in [6.45, 7) is 2.58. The second-order valence-electron chi connectivity index (χ2n) is 9.67. The molecule has 15 heteroatoms. The van der Waals surface area contributed by atoms with Crippen molar-refractivity contribution >= 4 is 23.5 Å². The number of ether oxygens (including phenoxy) is 3. The zero-order chi connectivity index (χ0) is 30.4. The number of aromatic nitrogens is 1. The van der Waals surface area contributed by atoms with E-state index in [1.807, 2.05) is 0 Å². The molecule has 1 saturated heterocycles. The number of Topliss-reactive ketones (excluding diaryl/α,β-unsaturated/α-hetero) is 1. The molecule has 0 radical (unpaired) electrons. The quantitative estimate of drug-likeness (QED) is 0.275. The van der Waals surface area contributed by atoms with Crippen LogP contribution in [-0.2, 0) is 41.2 Å². The van der Waals surface area contributed by atoms with E-state index in [1.165, 1.54) is 39.3 Å². The molecule has 12 nitrogen and oxygen atoms in total. The number of aryl methyl sites for hydroxylation is 1. The molecule has 2 aromatic rings. The number of hydrogen-bond donors (Lipinski definition) is 3. The number of alkyl halides is 3. The van der Waals surface area contributed by atoms with Gasteiger partial charge in [-0.1, -0.05) is 23.4 Å². The fourth-order valence-corrected chi connectivity index (χ4v) is 3.89. The van der Waals surface area contributed by atoms with Crippen LogP contribution in [-0.4, -0.2) is 86.4 Å². The largest absolute Gasteiger partial charge is 0.416 e. The Kier molecular flexibility index (Phi) is 10.2. The van der Waals surface area contributed by atoms with Crippen molar-refractivity contribution < 1.29 is 51.1 Å². The molecule has 0 spiro atoms. The molecule has 1 aromatic heterocycles. The number of amides is 3. The highest BCUT2D eigenvalue weighted by molar-refractivity contribution is 5.99. The van der Waals surface area contributed by atoms with Crippen molar-refractivity contribution in [1.82, 2.24) is 21.1 Å². The van der Waals surface area contributed by atoms with Crippen LogP contribution in [0.25, 0.3) is 0 Å².